The highest BCUT2D eigenvalue weighted by Crippen LogP contribution is 2.24. The molecule has 104 valence electrons. The number of carbonyl (C=O) groups is 1. The molecule has 2 rings (SSSR count). The van der Waals surface area contributed by atoms with Gasteiger partial charge in [-0.15, -0.1) is 0 Å². The molecule has 0 amide bonds. The van der Waals surface area contributed by atoms with Crippen LogP contribution in [0.5, 0.6) is 11.5 Å². The summed E-state index contributed by atoms with van der Waals surface area (Å²) in [5.74, 6) is 1.24. The fraction of sp³-hybridized carbons (Fsp3) is 0.188. The van der Waals surface area contributed by atoms with E-state index in [0.29, 0.717) is 23.5 Å². The highest BCUT2D eigenvalue weighted by Gasteiger charge is 2.12. The summed E-state index contributed by atoms with van der Waals surface area (Å²) >= 11 is 3.45. The van der Waals surface area contributed by atoms with E-state index in [9.17, 15) is 4.79 Å². The fourth-order valence-electron chi connectivity index (χ4n) is 1.89. The molecule has 3 nitrogen and oxygen atoms in total. The molecule has 0 aliphatic heterocycles. The number of hydrogen-bond acceptors (Lipinski definition) is 3. The Morgan fingerprint density at radius 2 is 1.65 bits per heavy atom. The molecule has 2 aromatic rings. The second-order valence-electron chi connectivity index (χ2n) is 4.29. The minimum atomic E-state index is 0.0223. The maximum atomic E-state index is 12.4. The zero-order valence-electron chi connectivity index (χ0n) is 11.4. The molecule has 0 spiro atoms. The average Bonchev–Trinajstić information content (AvgIpc) is 2.48. The summed E-state index contributed by atoms with van der Waals surface area (Å²) in [5.41, 5.74) is 1.54. The standard InChI is InChI=1S/C16H15BrO3/c1-19-13-7-12(8-14(10-13)20-2)16(18)9-11-5-3-4-6-15(11)17/h3-8,10H,9H2,1-2H3. The summed E-state index contributed by atoms with van der Waals surface area (Å²) < 4.78 is 11.3. The first-order valence-electron chi connectivity index (χ1n) is 6.13. The number of methoxy groups -OCH3 is 2. The number of rotatable bonds is 5. The van der Waals surface area contributed by atoms with Crippen LogP contribution < -0.4 is 9.47 Å². The van der Waals surface area contributed by atoms with Gasteiger partial charge in [-0.3, -0.25) is 4.79 Å². The first kappa shape index (κ1) is 14.6. The number of halogens is 1. The zero-order chi connectivity index (χ0) is 14.5. The molecule has 0 fully saturated rings. The Kier molecular flexibility index (Phi) is 4.79. The van der Waals surface area contributed by atoms with E-state index in [1.165, 1.54) is 0 Å². The molecular weight excluding hydrogens is 320 g/mol. The van der Waals surface area contributed by atoms with Crippen LogP contribution in [0.1, 0.15) is 15.9 Å². The molecule has 0 saturated heterocycles. The Labute approximate surface area is 126 Å². The van der Waals surface area contributed by atoms with E-state index in [1.54, 1.807) is 32.4 Å². The monoisotopic (exact) mass is 334 g/mol. The third kappa shape index (κ3) is 3.39. The number of ketones is 1. The molecule has 4 heteroatoms. The van der Waals surface area contributed by atoms with Crippen molar-refractivity contribution in [2.24, 2.45) is 0 Å². The summed E-state index contributed by atoms with van der Waals surface area (Å²) in [7, 11) is 3.13. The average molecular weight is 335 g/mol. The molecule has 0 saturated carbocycles. The Hall–Kier alpha value is -1.81. The van der Waals surface area contributed by atoms with Crippen LogP contribution in [0.4, 0.5) is 0 Å². The number of hydrogen-bond donors (Lipinski definition) is 0. The van der Waals surface area contributed by atoms with Gasteiger partial charge in [-0.25, -0.2) is 0 Å². The second-order valence-corrected chi connectivity index (χ2v) is 5.15. The SMILES string of the molecule is COc1cc(OC)cc(C(=O)Cc2ccccc2Br)c1. The van der Waals surface area contributed by atoms with Crippen molar-refractivity contribution in [2.75, 3.05) is 14.2 Å². The van der Waals surface area contributed by atoms with E-state index in [0.717, 1.165) is 10.0 Å². The Balaban J connectivity index is 2.27. The first-order chi connectivity index (χ1) is 9.63. The van der Waals surface area contributed by atoms with E-state index in [2.05, 4.69) is 15.9 Å². The lowest BCUT2D eigenvalue weighted by Gasteiger charge is -2.08. The number of Topliss-reactive ketones (excluding diaryl/α,β-unsaturated/α-hetero) is 1. The van der Waals surface area contributed by atoms with Gasteiger partial charge in [0.2, 0.25) is 0 Å². The third-order valence-electron chi connectivity index (χ3n) is 2.98. The number of carbonyl (C=O) groups excluding carboxylic acids is 1. The molecule has 20 heavy (non-hydrogen) atoms. The molecule has 2 aromatic carbocycles. The maximum absolute atomic E-state index is 12.4. The minimum absolute atomic E-state index is 0.0223. The van der Waals surface area contributed by atoms with Crippen LogP contribution in [0.25, 0.3) is 0 Å². The smallest absolute Gasteiger partial charge is 0.167 e. The topological polar surface area (TPSA) is 35.5 Å². The van der Waals surface area contributed by atoms with Crippen molar-refractivity contribution < 1.29 is 14.3 Å². The van der Waals surface area contributed by atoms with Crippen LogP contribution in [0, 0.1) is 0 Å². The van der Waals surface area contributed by atoms with Gasteiger partial charge in [0, 0.05) is 22.5 Å². The van der Waals surface area contributed by atoms with E-state index >= 15 is 0 Å². The van der Waals surface area contributed by atoms with Crippen LogP contribution in [0.2, 0.25) is 0 Å². The number of benzene rings is 2. The van der Waals surface area contributed by atoms with Crippen molar-refractivity contribution in [3.63, 3.8) is 0 Å². The minimum Gasteiger partial charge on any atom is -0.497 e. The van der Waals surface area contributed by atoms with Crippen LogP contribution in [0.15, 0.2) is 46.9 Å². The van der Waals surface area contributed by atoms with Gasteiger partial charge < -0.3 is 9.47 Å². The molecule has 0 radical (unpaired) electrons. The Bertz CT molecular complexity index is 601. The lowest BCUT2D eigenvalue weighted by atomic mass is 10.0. The summed E-state index contributed by atoms with van der Waals surface area (Å²) in [4.78, 5) is 12.4. The van der Waals surface area contributed by atoms with Crippen molar-refractivity contribution >= 4 is 21.7 Å². The molecule has 0 heterocycles. The van der Waals surface area contributed by atoms with Crippen molar-refractivity contribution in [1.29, 1.82) is 0 Å². The van der Waals surface area contributed by atoms with Gasteiger partial charge in [-0.05, 0) is 23.8 Å². The van der Waals surface area contributed by atoms with Crippen molar-refractivity contribution in [1.82, 2.24) is 0 Å². The molecule has 0 aliphatic carbocycles. The highest BCUT2D eigenvalue weighted by molar-refractivity contribution is 9.10. The summed E-state index contributed by atoms with van der Waals surface area (Å²) in [6, 6.07) is 12.9. The maximum Gasteiger partial charge on any atom is 0.167 e. The quantitative estimate of drug-likeness (QED) is 0.778. The predicted molar refractivity (Wildman–Crippen MR) is 81.7 cm³/mol. The second kappa shape index (κ2) is 6.57. The van der Waals surface area contributed by atoms with Gasteiger partial charge in [-0.1, -0.05) is 34.1 Å². The molecule has 0 aliphatic rings. The van der Waals surface area contributed by atoms with Crippen LogP contribution in [0.3, 0.4) is 0 Å². The summed E-state index contributed by atoms with van der Waals surface area (Å²) in [5, 5.41) is 0. The lowest BCUT2D eigenvalue weighted by Crippen LogP contribution is -2.05. The zero-order valence-corrected chi connectivity index (χ0v) is 12.9. The van der Waals surface area contributed by atoms with Crippen LogP contribution >= 0.6 is 15.9 Å². The normalized spacial score (nSPS) is 10.2. The van der Waals surface area contributed by atoms with Gasteiger partial charge in [0.05, 0.1) is 14.2 Å². The first-order valence-corrected chi connectivity index (χ1v) is 6.93. The fourth-order valence-corrected chi connectivity index (χ4v) is 2.31. The van der Waals surface area contributed by atoms with Gasteiger partial charge >= 0.3 is 0 Å². The number of ether oxygens (including phenoxy) is 2. The van der Waals surface area contributed by atoms with Gasteiger partial charge in [0.15, 0.2) is 5.78 Å². The van der Waals surface area contributed by atoms with Crippen molar-refractivity contribution in [2.45, 2.75) is 6.42 Å². The van der Waals surface area contributed by atoms with Crippen LogP contribution in [-0.4, -0.2) is 20.0 Å². The summed E-state index contributed by atoms with van der Waals surface area (Å²) in [6.07, 6.45) is 0.331. The predicted octanol–water partition coefficient (Wildman–Crippen LogP) is 3.89. The summed E-state index contributed by atoms with van der Waals surface area (Å²) in [6.45, 7) is 0. The highest BCUT2D eigenvalue weighted by atomic mass is 79.9. The van der Waals surface area contributed by atoms with E-state index in [-0.39, 0.29) is 5.78 Å². The molecule has 0 bridgehead atoms. The van der Waals surface area contributed by atoms with E-state index in [1.807, 2.05) is 24.3 Å². The van der Waals surface area contributed by atoms with Gasteiger partial charge in [0.25, 0.3) is 0 Å². The largest absolute Gasteiger partial charge is 0.497 e. The van der Waals surface area contributed by atoms with Gasteiger partial charge in [0.1, 0.15) is 11.5 Å². The lowest BCUT2D eigenvalue weighted by molar-refractivity contribution is 0.0992. The molecule has 0 N–H and O–H groups in total. The van der Waals surface area contributed by atoms with Crippen molar-refractivity contribution in [3.8, 4) is 11.5 Å². The molecular formula is C16H15BrO3. The van der Waals surface area contributed by atoms with E-state index in [4.69, 9.17) is 9.47 Å². The van der Waals surface area contributed by atoms with Gasteiger partial charge in [-0.2, -0.15) is 0 Å². The molecule has 0 atom stereocenters. The Morgan fingerprint density at radius 1 is 1.05 bits per heavy atom. The van der Waals surface area contributed by atoms with Crippen molar-refractivity contribution in [3.05, 3.63) is 58.1 Å². The Morgan fingerprint density at radius 3 is 2.20 bits per heavy atom. The van der Waals surface area contributed by atoms with Crippen LogP contribution in [-0.2, 0) is 6.42 Å². The molecule has 0 unspecified atom stereocenters. The van der Waals surface area contributed by atoms with E-state index < -0.39 is 0 Å². The third-order valence-corrected chi connectivity index (χ3v) is 3.76. The molecule has 0 aromatic heterocycles.